The molecule has 0 radical (unpaired) electrons. The van der Waals surface area contributed by atoms with E-state index >= 15 is 0 Å². The number of para-hydroxylation sites is 3. The smallest absolute Gasteiger partial charge is 0.212 e. The van der Waals surface area contributed by atoms with Gasteiger partial charge in [0.15, 0.2) is 0 Å². The van der Waals surface area contributed by atoms with Crippen LogP contribution in [-0.2, 0) is 0 Å². The van der Waals surface area contributed by atoms with E-state index in [-0.39, 0.29) is 0 Å². The van der Waals surface area contributed by atoms with E-state index in [1.165, 1.54) is 26.2 Å². The molecule has 0 spiro atoms. The maximum Gasteiger partial charge on any atom is 0.212 e. The lowest BCUT2D eigenvalue weighted by atomic mass is 10.0. The Hall–Kier alpha value is -8.16. The summed E-state index contributed by atoms with van der Waals surface area (Å²) in [7, 11) is 0. The molecule has 276 valence electrons. The van der Waals surface area contributed by atoms with Gasteiger partial charge in [-0.15, -0.1) is 11.3 Å². The maximum atomic E-state index is 11.2. The Labute approximate surface area is 346 Å². The second kappa shape index (κ2) is 12.2. The Bertz CT molecular complexity index is 4050. The molecule has 0 aliphatic rings. The molecule has 9 aromatic carbocycles. The first-order valence-corrected chi connectivity index (χ1v) is 20.8. The van der Waals surface area contributed by atoms with Gasteiger partial charge in [-0.25, -0.2) is 4.85 Å². The normalized spacial score (nSPS) is 12.0. The third kappa shape index (κ3) is 4.32. The minimum absolute atomic E-state index is 0.472. The van der Waals surface area contributed by atoms with Crippen LogP contribution in [0.25, 0.3) is 118 Å². The van der Waals surface area contributed by atoms with E-state index in [1.807, 2.05) is 18.2 Å². The molecule has 0 saturated heterocycles. The third-order valence-corrected chi connectivity index (χ3v) is 13.7. The van der Waals surface area contributed by atoms with Gasteiger partial charge in [0, 0.05) is 53.5 Å². The number of hydrogen-bond acceptors (Lipinski definition) is 2. The van der Waals surface area contributed by atoms with Crippen LogP contribution in [0.4, 0.5) is 5.69 Å². The van der Waals surface area contributed by atoms with Gasteiger partial charge in [-0.2, -0.15) is 5.26 Å². The molecule has 6 heteroatoms. The fourth-order valence-corrected chi connectivity index (χ4v) is 11.2. The number of nitriles is 1. The zero-order valence-electron chi connectivity index (χ0n) is 31.9. The average Bonchev–Trinajstić information content (AvgIpc) is 4.05. The molecule has 4 aromatic heterocycles. The molecule has 0 amide bonds. The van der Waals surface area contributed by atoms with Gasteiger partial charge in [0.1, 0.15) is 6.07 Å². The summed E-state index contributed by atoms with van der Waals surface area (Å²) in [6, 6.07) is 64.5. The third-order valence-electron chi connectivity index (χ3n) is 12.5. The first-order valence-electron chi connectivity index (χ1n) is 19.9. The second-order valence-electron chi connectivity index (χ2n) is 15.5. The van der Waals surface area contributed by atoms with E-state index in [2.05, 4.69) is 182 Å². The van der Waals surface area contributed by atoms with Crippen molar-refractivity contribution >= 4 is 113 Å². The summed E-state index contributed by atoms with van der Waals surface area (Å²) >= 11 is 1.78. The van der Waals surface area contributed by atoms with Crippen LogP contribution >= 0.6 is 11.3 Å². The van der Waals surface area contributed by atoms with Crippen LogP contribution in [0.1, 0.15) is 5.56 Å². The fraction of sp³-hybridized carbons (Fsp3) is 0. The van der Waals surface area contributed by atoms with E-state index < -0.39 is 0 Å². The molecule has 13 aromatic rings. The lowest BCUT2D eigenvalue weighted by Crippen LogP contribution is -2.02. The lowest BCUT2D eigenvalue weighted by Gasteiger charge is -2.16. The van der Waals surface area contributed by atoms with Crippen LogP contribution in [0, 0.1) is 17.9 Å². The number of benzene rings is 9. The van der Waals surface area contributed by atoms with Crippen molar-refractivity contribution in [3.05, 3.63) is 193 Å². The van der Waals surface area contributed by atoms with Gasteiger partial charge in [0.05, 0.1) is 61.3 Å². The first-order chi connectivity index (χ1) is 29.7. The number of rotatable bonds is 3. The van der Waals surface area contributed by atoms with Gasteiger partial charge in [-0.1, -0.05) is 115 Å². The number of hydrogen-bond donors (Lipinski definition) is 0. The highest BCUT2D eigenvalue weighted by Gasteiger charge is 2.24. The van der Waals surface area contributed by atoms with Crippen molar-refractivity contribution in [2.24, 2.45) is 0 Å². The van der Waals surface area contributed by atoms with Crippen LogP contribution in [0.3, 0.4) is 0 Å². The van der Waals surface area contributed by atoms with Crippen LogP contribution in [-0.4, -0.2) is 13.7 Å². The monoisotopic (exact) mass is 779 g/mol. The highest BCUT2D eigenvalue weighted by atomic mass is 32.1. The van der Waals surface area contributed by atoms with Gasteiger partial charge in [0.2, 0.25) is 5.69 Å². The van der Waals surface area contributed by atoms with E-state index in [9.17, 15) is 5.26 Å². The largest absolute Gasteiger partial charge is 0.319 e. The zero-order chi connectivity index (χ0) is 39.6. The summed E-state index contributed by atoms with van der Waals surface area (Å²) in [4.78, 5) is 4.22. The maximum absolute atomic E-state index is 11.2. The van der Waals surface area contributed by atoms with Crippen LogP contribution in [0.15, 0.2) is 176 Å². The standard InChI is InChI=1S/C54H29N5S/c1-56-43-30-49(33(31-55)28-50(43)58-46-20-10-6-17-41(46)52-35-13-3-2-12-32(35)22-26-48(52)58)59-47-27-23-34(57-44-18-8-4-14-36(44)37-15-5-9-19-45(37)57)29-42(47)39-24-25-40-38-16-7-11-21-51(38)60-54(40)53(39)59/h2-30H. The van der Waals surface area contributed by atoms with Crippen molar-refractivity contribution in [1.29, 1.82) is 5.26 Å². The highest BCUT2D eigenvalue weighted by Crippen LogP contribution is 2.46. The number of thiophene rings is 1. The molecule has 4 heterocycles. The summed E-state index contributed by atoms with van der Waals surface area (Å²) in [6.45, 7) is 8.67. The summed E-state index contributed by atoms with van der Waals surface area (Å²) in [5.41, 5.74) is 9.70. The van der Waals surface area contributed by atoms with E-state index in [1.54, 1.807) is 11.3 Å². The van der Waals surface area contributed by atoms with Gasteiger partial charge in [-0.05, 0) is 71.4 Å². The van der Waals surface area contributed by atoms with Crippen LogP contribution in [0.5, 0.6) is 0 Å². The van der Waals surface area contributed by atoms with E-state index in [4.69, 9.17) is 6.57 Å². The molecular formula is C54H29N5S. The molecule has 0 bridgehead atoms. The minimum Gasteiger partial charge on any atom is -0.319 e. The number of nitrogens with zero attached hydrogens (tertiary/aromatic N) is 5. The zero-order valence-corrected chi connectivity index (χ0v) is 32.7. The molecule has 13 rings (SSSR count). The molecule has 60 heavy (non-hydrogen) atoms. The van der Waals surface area contributed by atoms with Gasteiger partial charge in [-0.3, -0.25) is 0 Å². The predicted octanol–water partition coefficient (Wildman–Crippen LogP) is 14.9. The van der Waals surface area contributed by atoms with Crippen molar-refractivity contribution in [2.45, 2.75) is 0 Å². The number of aromatic nitrogens is 3. The van der Waals surface area contributed by atoms with Crippen molar-refractivity contribution in [3.8, 4) is 23.1 Å². The molecule has 0 N–H and O–H groups in total. The topological polar surface area (TPSA) is 42.9 Å². The van der Waals surface area contributed by atoms with Crippen molar-refractivity contribution in [1.82, 2.24) is 13.7 Å². The highest BCUT2D eigenvalue weighted by molar-refractivity contribution is 7.26. The van der Waals surface area contributed by atoms with Gasteiger partial charge in [0.25, 0.3) is 0 Å². The Morgan fingerprint density at radius 2 is 1.08 bits per heavy atom. The molecule has 0 aliphatic carbocycles. The second-order valence-corrected chi connectivity index (χ2v) is 16.5. The Morgan fingerprint density at radius 3 is 1.83 bits per heavy atom. The van der Waals surface area contributed by atoms with Crippen LogP contribution < -0.4 is 0 Å². The van der Waals surface area contributed by atoms with Gasteiger partial charge < -0.3 is 13.7 Å². The Kier molecular flexibility index (Phi) is 6.67. The Balaban J connectivity index is 1.13. The fourth-order valence-electron chi connectivity index (χ4n) is 9.97. The number of fused-ring (bicyclic) bond motifs is 15. The molecule has 5 nitrogen and oxygen atoms in total. The molecule has 0 fully saturated rings. The summed E-state index contributed by atoms with van der Waals surface area (Å²) in [5, 5.41) is 22.7. The summed E-state index contributed by atoms with van der Waals surface area (Å²) in [5.74, 6) is 0. The lowest BCUT2D eigenvalue weighted by molar-refractivity contribution is 1.14. The average molecular weight is 780 g/mol. The van der Waals surface area contributed by atoms with Crippen molar-refractivity contribution < 1.29 is 0 Å². The van der Waals surface area contributed by atoms with Crippen molar-refractivity contribution in [3.63, 3.8) is 0 Å². The summed E-state index contributed by atoms with van der Waals surface area (Å²) in [6.07, 6.45) is 0. The van der Waals surface area contributed by atoms with Crippen LogP contribution in [0.2, 0.25) is 0 Å². The predicted molar refractivity (Wildman–Crippen MR) is 251 cm³/mol. The minimum atomic E-state index is 0.472. The molecule has 0 unspecified atom stereocenters. The quantitative estimate of drug-likeness (QED) is 0.165. The molecule has 0 atom stereocenters. The van der Waals surface area contributed by atoms with Gasteiger partial charge >= 0.3 is 0 Å². The van der Waals surface area contributed by atoms with Crippen molar-refractivity contribution in [2.75, 3.05) is 0 Å². The molecular weight excluding hydrogens is 751 g/mol. The summed E-state index contributed by atoms with van der Waals surface area (Å²) < 4.78 is 9.12. The Morgan fingerprint density at radius 1 is 0.467 bits per heavy atom. The first kappa shape index (κ1) is 32.9. The molecule has 0 aliphatic heterocycles. The SMILES string of the molecule is [C-]#[N+]c1cc(-n2c3ccc(-n4c5ccccc5c5ccccc54)cc3c3ccc4c5ccccc5sc4c32)c(C#N)cc1-n1c2ccccc2c2c3ccccc3ccc21. The van der Waals surface area contributed by atoms with E-state index in [0.717, 1.165) is 75.8 Å². The van der Waals surface area contributed by atoms with E-state index in [0.29, 0.717) is 22.6 Å². The molecule has 0 saturated carbocycles.